The number of ether oxygens (including phenoxy) is 2. The Morgan fingerprint density at radius 2 is 2.00 bits per heavy atom. The molecule has 1 atom stereocenters. The Labute approximate surface area is 151 Å². The van der Waals surface area contributed by atoms with Gasteiger partial charge in [-0.1, -0.05) is 12.1 Å². The lowest BCUT2D eigenvalue weighted by Crippen LogP contribution is -2.47. The van der Waals surface area contributed by atoms with Gasteiger partial charge < -0.3 is 20.1 Å². The molecule has 8 heteroatoms. The molecule has 26 heavy (non-hydrogen) atoms. The minimum atomic E-state index is -0.871. The normalized spacial score (nSPS) is 22.2. The number of benzene rings is 1. The van der Waals surface area contributed by atoms with Crippen molar-refractivity contribution in [2.75, 3.05) is 26.8 Å². The zero-order valence-electron chi connectivity index (χ0n) is 14.9. The van der Waals surface area contributed by atoms with Gasteiger partial charge in [0.1, 0.15) is 18.7 Å². The third kappa shape index (κ3) is 3.58. The van der Waals surface area contributed by atoms with Crippen molar-refractivity contribution >= 4 is 17.8 Å². The molecule has 0 bridgehead atoms. The van der Waals surface area contributed by atoms with Gasteiger partial charge in [-0.15, -0.1) is 0 Å². The number of urea groups is 1. The molecule has 0 radical (unpaired) electrons. The molecular formula is C18H23N3O5. The zero-order valence-corrected chi connectivity index (χ0v) is 14.9. The predicted molar refractivity (Wildman–Crippen MR) is 92.9 cm³/mol. The van der Waals surface area contributed by atoms with Gasteiger partial charge in [0.05, 0.1) is 13.7 Å². The van der Waals surface area contributed by atoms with Crippen molar-refractivity contribution in [1.82, 2.24) is 15.5 Å². The Morgan fingerprint density at radius 3 is 2.65 bits per heavy atom. The van der Waals surface area contributed by atoms with Gasteiger partial charge in [0.2, 0.25) is 5.91 Å². The monoisotopic (exact) mass is 361 g/mol. The second-order valence-corrected chi connectivity index (χ2v) is 6.65. The van der Waals surface area contributed by atoms with Crippen molar-refractivity contribution in [2.45, 2.75) is 25.3 Å². The van der Waals surface area contributed by atoms with Crippen molar-refractivity contribution in [1.29, 1.82) is 0 Å². The summed E-state index contributed by atoms with van der Waals surface area (Å²) < 4.78 is 10.7. The molecule has 1 heterocycles. The van der Waals surface area contributed by atoms with Gasteiger partial charge in [-0.25, -0.2) is 4.79 Å². The van der Waals surface area contributed by atoms with Gasteiger partial charge >= 0.3 is 6.03 Å². The highest BCUT2D eigenvalue weighted by Crippen LogP contribution is 2.42. The minimum Gasteiger partial charge on any atom is -0.493 e. The Bertz CT molecular complexity index is 719. The van der Waals surface area contributed by atoms with E-state index in [0.717, 1.165) is 17.7 Å². The van der Waals surface area contributed by atoms with Gasteiger partial charge in [0.25, 0.3) is 5.91 Å². The van der Waals surface area contributed by atoms with E-state index < -0.39 is 17.5 Å². The fourth-order valence-corrected chi connectivity index (χ4v) is 3.09. The summed E-state index contributed by atoms with van der Waals surface area (Å²) in [6.07, 6.45) is 1.84. The molecular weight excluding hydrogens is 338 g/mol. The maximum Gasteiger partial charge on any atom is 0.325 e. The number of para-hydroxylation sites is 2. The van der Waals surface area contributed by atoms with Crippen LogP contribution >= 0.6 is 0 Å². The number of rotatable bonds is 8. The van der Waals surface area contributed by atoms with Crippen LogP contribution in [0.15, 0.2) is 24.3 Å². The maximum absolute atomic E-state index is 12.5. The first kappa shape index (κ1) is 18.0. The number of hydrogen-bond acceptors (Lipinski definition) is 5. The summed E-state index contributed by atoms with van der Waals surface area (Å²) in [7, 11) is 1.55. The van der Waals surface area contributed by atoms with Gasteiger partial charge in [0.15, 0.2) is 11.5 Å². The number of methoxy groups -OCH3 is 1. The zero-order chi connectivity index (χ0) is 18.7. The van der Waals surface area contributed by atoms with Crippen LogP contribution < -0.4 is 20.1 Å². The lowest BCUT2D eigenvalue weighted by atomic mass is 9.96. The molecule has 0 spiro atoms. The van der Waals surface area contributed by atoms with E-state index >= 15 is 0 Å². The van der Waals surface area contributed by atoms with E-state index in [4.69, 9.17) is 9.47 Å². The number of imide groups is 1. The van der Waals surface area contributed by atoms with Crippen molar-refractivity contribution < 1.29 is 23.9 Å². The van der Waals surface area contributed by atoms with Crippen molar-refractivity contribution in [3.8, 4) is 11.5 Å². The van der Waals surface area contributed by atoms with Gasteiger partial charge in [-0.2, -0.15) is 0 Å². The molecule has 1 aliphatic heterocycles. The molecule has 2 fully saturated rings. The fraction of sp³-hybridized carbons (Fsp3) is 0.500. The molecule has 0 aromatic heterocycles. The summed E-state index contributed by atoms with van der Waals surface area (Å²) in [5.41, 5.74) is -0.871. The Morgan fingerprint density at radius 1 is 1.31 bits per heavy atom. The van der Waals surface area contributed by atoms with Crippen molar-refractivity contribution in [3.63, 3.8) is 0 Å². The third-order valence-corrected chi connectivity index (χ3v) is 4.75. The SMILES string of the molecule is COc1ccccc1OCCNC(=O)CN1C(=O)N[C@](C)(C2CC2)C1=O. The first-order valence-corrected chi connectivity index (χ1v) is 8.62. The van der Waals surface area contributed by atoms with Gasteiger partial charge in [-0.3, -0.25) is 14.5 Å². The topological polar surface area (TPSA) is 97.0 Å². The molecule has 1 aliphatic carbocycles. The average molecular weight is 361 g/mol. The van der Waals surface area contributed by atoms with E-state index in [-0.39, 0.29) is 31.5 Å². The van der Waals surface area contributed by atoms with Crippen molar-refractivity contribution in [2.24, 2.45) is 5.92 Å². The predicted octanol–water partition coefficient (Wildman–Crippen LogP) is 0.911. The highest BCUT2D eigenvalue weighted by Gasteiger charge is 2.56. The van der Waals surface area contributed by atoms with E-state index in [9.17, 15) is 14.4 Å². The van der Waals surface area contributed by atoms with Gasteiger partial charge in [-0.05, 0) is 37.8 Å². The molecule has 2 N–H and O–H groups in total. The Kier molecular flexibility index (Phi) is 5.01. The summed E-state index contributed by atoms with van der Waals surface area (Å²) in [6, 6.07) is 6.70. The molecule has 1 saturated heterocycles. The number of carbonyl (C=O) groups excluding carboxylic acids is 3. The lowest BCUT2D eigenvalue weighted by Gasteiger charge is -2.20. The van der Waals surface area contributed by atoms with Crippen LogP contribution in [0.3, 0.4) is 0 Å². The molecule has 3 rings (SSSR count). The van der Waals surface area contributed by atoms with Crippen LogP contribution in [0.4, 0.5) is 4.79 Å². The Hall–Kier alpha value is -2.77. The van der Waals surface area contributed by atoms with Crippen LogP contribution in [0.5, 0.6) is 11.5 Å². The molecule has 1 saturated carbocycles. The second kappa shape index (κ2) is 7.23. The highest BCUT2D eigenvalue weighted by atomic mass is 16.5. The van der Waals surface area contributed by atoms with Crippen LogP contribution in [-0.4, -0.2) is 55.1 Å². The van der Waals surface area contributed by atoms with E-state index in [1.807, 2.05) is 12.1 Å². The molecule has 8 nitrogen and oxygen atoms in total. The molecule has 0 unspecified atom stereocenters. The number of amides is 4. The maximum atomic E-state index is 12.5. The van der Waals surface area contributed by atoms with Crippen LogP contribution in [0.2, 0.25) is 0 Å². The summed E-state index contributed by atoms with van der Waals surface area (Å²) in [4.78, 5) is 37.5. The fourth-order valence-electron chi connectivity index (χ4n) is 3.09. The third-order valence-electron chi connectivity index (χ3n) is 4.75. The average Bonchev–Trinajstić information content (AvgIpc) is 3.45. The first-order chi connectivity index (χ1) is 12.5. The van der Waals surface area contributed by atoms with Crippen LogP contribution in [0.1, 0.15) is 19.8 Å². The molecule has 2 aliphatic rings. The summed E-state index contributed by atoms with van der Waals surface area (Å²) in [5, 5.41) is 5.37. The number of carbonyl (C=O) groups is 3. The number of nitrogens with one attached hydrogen (secondary N) is 2. The summed E-state index contributed by atoms with van der Waals surface area (Å²) >= 11 is 0. The molecule has 1 aromatic rings. The largest absolute Gasteiger partial charge is 0.493 e. The molecule has 4 amide bonds. The number of nitrogens with zero attached hydrogens (tertiary/aromatic N) is 1. The number of hydrogen-bond donors (Lipinski definition) is 2. The van der Waals surface area contributed by atoms with Crippen LogP contribution in [0, 0.1) is 5.92 Å². The van der Waals surface area contributed by atoms with E-state index in [1.54, 1.807) is 26.2 Å². The Balaban J connectivity index is 1.44. The van der Waals surface area contributed by atoms with E-state index in [0.29, 0.717) is 11.5 Å². The first-order valence-electron chi connectivity index (χ1n) is 8.62. The van der Waals surface area contributed by atoms with Crippen LogP contribution in [-0.2, 0) is 9.59 Å². The quantitative estimate of drug-likeness (QED) is 0.530. The summed E-state index contributed by atoms with van der Waals surface area (Å²) in [6.45, 7) is 1.93. The second-order valence-electron chi connectivity index (χ2n) is 6.65. The van der Waals surface area contributed by atoms with E-state index in [2.05, 4.69) is 10.6 Å². The molecule has 140 valence electrons. The molecule has 1 aromatic carbocycles. The van der Waals surface area contributed by atoms with E-state index in [1.165, 1.54) is 0 Å². The van der Waals surface area contributed by atoms with Gasteiger partial charge in [0, 0.05) is 0 Å². The van der Waals surface area contributed by atoms with Crippen LogP contribution in [0.25, 0.3) is 0 Å². The summed E-state index contributed by atoms with van der Waals surface area (Å²) in [5.74, 6) is 0.625. The standard InChI is InChI=1S/C18H23N3O5/c1-18(12-7-8-12)16(23)21(17(24)20-18)11-15(22)19-9-10-26-14-6-4-3-5-13(14)25-2/h3-6,12H,7-11H2,1-2H3,(H,19,22)(H,20,24)/t18-/m1/s1. The minimum absolute atomic E-state index is 0.168. The lowest BCUT2D eigenvalue weighted by molar-refractivity contribution is -0.135. The smallest absolute Gasteiger partial charge is 0.325 e. The van der Waals surface area contributed by atoms with Crippen molar-refractivity contribution in [3.05, 3.63) is 24.3 Å². The highest BCUT2D eigenvalue weighted by molar-refractivity contribution is 6.09.